The number of hydrogen-bond donors (Lipinski definition) is 3. The van der Waals surface area contributed by atoms with Crippen LogP contribution in [0.2, 0.25) is 5.02 Å². The molecule has 0 radical (unpaired) electrons. The van der Waals surface area contributed by atoms with Gasteiger partial charge in [-0.15, -0.1) is 0 Å². The van der Waals surface area contributed by atoms with Crippen LogP contribution in [0.1, 0.15) is 36.5 Å². The fourth-order valence-corrected chi connectivity index (χ4v) is 4.99. The van der Waals surface area contributed by atoms with E-state index in [1.165, 1.54) is 0 Å². The van der Waals surface area contributed by atoms with Crippen LogP contribution in [0.5, 0.6) is 0 Å². The van der Waals surface area contributed by atoms with Crippen molar-refractivity contribution < 1.29 is 27.9 Å². The molecule has 2 amide bonds. The highest BCUT2D eigenvalue weighted by Gasteiger charge is 2.58. The molecule has 1 saturated heterocycles. The van der Waals surface area contributed by atoms with Gasteiger partial charge in [0.25, 0.3) is 11.8 Å². The van der Waals surface area contributed by atoms with E-state index >= 15 is 0 Å². The van der Waals surface area contributed by atoms with E-state index in [0.717, 1.165) is 28.6 Å². The lowest BCUT2D eigenvalue weighted by atomic mass is 9.78. The van der Waals surface area contributed by atoms with E-state index in [1.54, 1.807) is 18.3 Å². The van der Waals surface area contributed by atoms with Gasteiger partial charge in [0.1, 0.15) is 0 Å². The van der Waals surface area contributed by atoms with E-state index in [2.05, 4.69) is 10.3 Å². The number of hydrogen-bond acceptors (Lipinski definition) is 3. The molecule has 6 nitrogen and oxygen atoms in total. The van der Waals surface area contributed by atoms with Gasteiger partial charge in [0.05, 0.1) is 10.6 Å². The van der Waals surface area contributed by atoms with Crippen molar-refractivity contribution in [2.45, 2.75) is 44.0 Å². The average Bonchev–Trinajstić information content (AvgIpc) is 3.32. The second-order valence-electron chi connectivity index (χ2n) is 8.61. The van der Waals surface area contributed by atoms with Crippen molar-refractivity contribution in [3.05, 3.63) is 35.0 Å². The monoisotopic (exact) mass is 457 g/mol. The third-order valence-electron chi connectivity index (χ3n) is 6.56. The molecular formula is C21H23ClF3N3O3. The first-order valence-electron chi connectivity index (χ1n) is 10.1. The van der Waals surface area contributed by atoms with Gasteiger partial charge in [-0.1, -0.05) is 18.0 Å². The Hall–Kier alpha value is -2.26. The predicted octanol–water partition coefficient (Wildman–Crippen LogP) is 3.49. The van der Waals surface area contributed by atoms with Gasteiger partial charge in [0.15, 0.2) is 0 Å². The molecule has 3 N–H and O–H groups in total. The zero-order valence-electron chi connectivity index (χ0n) is 16.8. The minimum absolute atomic E-state index is 0.0327. The summed E-state index contributed by atoms with van der Waals surface area (Å²) in [5.41, 5.74) is -2.30. The van der Waals surface area contributed by atoms with Crippen molar-refractivity contribution in [3.8, 4) is 0 Å². The van der Waals surface area contributed by atoms with Gasteiger partial charge in [0, 0.05) is 42.1 Å². The number of benzene rings is 1. The molecule has 168 valence electrons. The lowest BCUT2D eigenvalue weighted by molar-refractivity contribution is -0.249. The normalized spacial score (nSPS) is 25.9. The van der Waals surface area contributed by atoms with Crippen molar-refractivity contribution in [1.82, 2.24) is 15.2 Å². The number of H-pyrrole nitrogens is 1. The number of aromatic nitrogens is 1. The third kappa shape index (κ3) is 3.89. The summed E-state index contributed by atoms with van der Waals surface area (Å²) in [7, 11) is 0. The van der Waals surface area contributed by atoms with Crippen LogP contribution < -0.4 is 5.32 Å². The maximum absolute atomic E-state index is 13.1. The summed E-state index contributed by atoms with van der Waals surface area (Å²) in [6.07, 6.45) is -1.11. The second-order valence-corrected chi connectivity index (χ2v) is 9.02. The molecule has 31 heavy (non-hydrogen) atoms. The molecule has 1 aromatic carbocycles. The van der Waals surface area contributed by atoms with Crippen LogP contribution in [0.15, 0.2) is 24.4 Å². The van der Waals surface area contributed by atoms with Gasteiger partial charge in [-0.05, 0) is 43.9 Å². The van der Waals surface area contributed by atoms with Crippen molar-refractivity contribution in [2.24, 2.45) is 11.8 Å². The van der Waals surface area contributed by atoms with Gasteiger partial charge < -0.3 is 20.3 Å². The molecule has 2 aromatic rings. The summed E-state index contributed by atoms with van der Waals surface area (Å²) in [5, 5.41) is 13.9. The van der Waals surface area contributed by atoms with Crippen molar-refractivity contribution in [1.29, 1.82) is 0 Å². The fourth-order valence-electron chi connectivity index (χ4n) is 4.74. The summed E-state index contributed by atoms with van der Waals surface area (Å²) in [6.45, 7) is 0.680. The Balaban J connectivity index is 1.49. The first-order chi connectivity index (χ1) is 14.5. The molecule has 2 heterocycles. The van der Waals surface area contributed by atoms with E-state index in [1.807, 2.05) is 6.07 Å². The first kappa shape index (κ1) is 22.0. The summed E-state index contributed by atoms with van der Waals surface area (Å²) in [4.78, 5) is 29.4. The minimum Gasteiger partial charge on any atom is -0.373 e. The predicted molar refractivity (Wildman–Crippen MR) is 109 cm³/mol. The molecule has 1 aromatic heterocycles. The number of nitrogens with one attached hydrogen (secondary N) is 2. The Morgan fingerprint density at radius 2 is 2.00 bits per heavy atom. The molecule has 0 bridgehead atoms. The van der Waals surface area contributed by atoms with Crippen LogP contribution in [0, 0.1) is 11.8 Å². The Morgan fingerprint density at radius 3 is 2.71 bits per heavy atom. The summed E-state index contributed by atoms with van der Waals surface area (Å²) in [5.74, 6) is -1.92. The number of aromatic amines is 1. The van der Waals surface area contributed by atoms with Crippen molar-refractivity contribution in [3.63, 3.8) is 0 Å². The van der Waals surface area contributed by atoms with Gasteiger partial charge in [-0.25, -0.2) is 0 Å². The van der Waals surface area contributed by atoms with Gasteiger partial charge in [-0.2, -0.15) is 13.2 Å². The Morgan fingerprint density at radius 1 is 1.26 bits per heavy atom. The van der Waals surface area contributed by atoms with Gasteiger partial charge in [0.2, 0.25) is 5.60 Å². The number of fused-ring (bicyclic) bond motifs is 2. The number of carbonyl (C=O) groups is 2. The summed E-state index contributed by atoms with van der Waals surface area (Å²) >= 11 is 6.27. The number of amides is 2. The fraction of sp³-hybridized carbons (Fsp3) is 0.524. The van der Waals surface area contributed by atoms with Crippen LogP contribution in [-0.4, -0.2) is 57.7 Å². The first-order valence-corrected chi connectivity index (χ1v) is 10.5. The van der Waals surface area contributed by atoms with Gasteiger partial charge in [-0.3, -0.25) is 9.59 Å². The molecule has 10 heteroatoms. The molecule has 4 rings (SSSR count). The largest absolute Gasteiger partial charge is 0.426 e. The van der Waals surface area contributed by atoms with Gasteiger partial charge >= 0.3 is 6.18 Å². The number of aliphatic hydroxyl groups is 1. The second kappa shape index (κ2) is 7.70. The Bertz CT molecular complexity index is 1020. The molecule has 1 unspecified atom stereocenters. The quantitative estimate of drug-likeness (QED) is 0.659. The van der Waals surface area contributed by atoms with Crippen LogP contribution >= 0.6 is 11.6 Å². The topological polar surface area (TPSA) is 85.4 Å². The molecule has 1 saturated carbocycles. The van der Waals surface area contributed by atoms with Crippen molar-refractivity contribution >= 4 is 34.3 Å². The van der Waals surface area contributed by atoms with E-state index in [4.69, 9.17) is 11.6 Å². The molecule has 2 aliphatic rings. The lowest BCUT2D eigenvalue weighted by Crippen LogP contribution is -2.55. The van der Waals surface area contributed by atoms with Crippen LogP contribution in [0.25, 0.3) is 10.9 Å². The van der Waals surface area contributed by atoms with Crippen LogP contribution in [0.3, 0.4) is 0 Å². The highest BCUT2D eigenvalue weighted by atomic mass is 35.5. The maximum atomic E-state index is 13.1. The smallest absolute Gasteiger partial charge is 0.373 e. The zero-order valence-corrected chi connectivity index (χ0v) is 17.6. The minimum atomic E-state index is -5.06. The van der Waals surface area contributed by atoms with E-state index < -0.39 is 17.7 Å². The molecule has 1 aliphatic heterocycles. The van der Waals surface area contributed by atoms with Crippen molar-refractivity contribution in [2.75, 3.05) is 13.1 Å². The molecule has 0 spiro atoms. The zero-order chi connectivity index (χ0) is 22.6. The SMILES string of the molecule is CC(O)(C(=O)N1C[C@H]2CCC[C@@H](NC(=O)c3cc4cc[nH]c4cc3Cl)[C@H]2C1)C(F)(F)F. The number of halogens is 4. The van der Waals surface area contributed by atoms with Crippen LogP contribution in [-0.2, 0) is 4.79 Å². The van der Waals surface area contributed by atoms with E-state index in [-0.39, 0.29) is 36.9 Å². The average molecular weight is 458 g/mol. The number of carbonyl (C=O) groups excluding carboxylic acids is 2. The highest BCUT2D eigenvalue weighted by Crippen LogP contribution is 2.39. The Kier molecular flexibility index (Phi) is 5.46. The molecule has 2 fully saturated rings. The Labute approximate surface area is 181 Å². The summed E-state index contributed by atoms with van der Waals surface area (Å²) in [6, 6.07) is 4.89. The number of nitrogens with zero attached hydrogens (tertiary/aromatic N) is 1. The third-order valence-corrected chi connectivity index (χ3v) is 6.87. The van der Waals surface area contributed by atoms with E-state index in [0.29, 0.717) is 23.9 Å². The van der Waals surface area contributed by atoms with Crippen LogP contribution in [0.4, 0.5) is 13.2 Å². The number of likely N-dealkylation sites (tertiary alicyclic amines) is 1. The standard InChI is InChI=1S/C21H23ClF3N3O3/c1-20(31,21(23,24)25)19(30)28-9-12-3-2-4-16(14(12)10-28)27-18(29)13-7-11-5-6-26-17(11)8-15(13)22/h5-8,12,14,16,26,31H,2-4,9-10H2,1H3,(H,27,29)/t12-,14+,16-,20?/m1/s1. The number of alkyl halides is 3. The molecule has 4 atom stereocenters. The van der Waals surface area contributed by atoms with E-state index in [9.17, 15) is 27.9 Å². The molecule has 1 aliphatic carbocycles. The maximum Gasteiger partial charge on any atom is 0.426 e. The molecular weight excluding hydrogens is 435 g/mol. The number of rotatable bonds is 3. The lowest BCUT2D eigenvalue weighted by Gasteiger charge is -2.33. The highest BCUT2D eigenvalue weighted by molar-refractivity contribution is 6.34. The summed E-state index contributed by atoms with van der Waals surface area (Å²) < 4.78 is 39.3.